The molecule has 0 radical (unpaired) electrons. The van der Waals surface area contributed by atoms with Crippen molar-refractivity contribution >= 4 is 28.4 Å². The van der Waals surface area contributed by atoms with Gasteiger partial charge in [-0.3, -0.25) is 4.79 Å². The Morgan fingerprint density at radius 3 is 2.53 bits per heavy atom. The zero-order valence-corrected chi connectivity index (χ0v) is 10.1. The molecule has 0 fully saturated rings. The Hall–Kier alpha value is -0.730. The number of halogens is 2. The lowest BCUT2D eigenvalue weighted by molar-refractivity contribution is -0.120. The maximum absolute atomic E-state index is 11.0. The maximum atomic E-state index is 11.0. The van der Waals surface area contributed by atoms with Crippen LogP contribution < -0.4 is 4.74 Å². The van der Waals surface area contributed by atoms with E-state index in [1.807, 2.05) is 12.1 Å². The predicted octanol–water partition coefficient (Wildman–Crippen LogP) is 3.51. The summed E-state index contributed by atoms with van der Waals surface area (Å²) in [5.41, 5.74) is -0.708. The topological polar surface area (TPSA) is 26.3 Å². The van der Waals surface area contributed by atoms with Crippen LogP contribution in [-0.4, -0.2) is 11.8 Å². The van der Waals surface area contributed by atoms with Crippen LogP contribution in [0.4, 0.5) is 0 Å². The molecule has 0 saturated carbocycles. The summed E-state index contributed by atoms with van der Waals surface area (Å²) in [5, 5.41) is 0.102. The van der Waals surface area contributed by atoms with E-state index in [1.165, 1.54) is 0 Å². The van der Waals surface area contributed by atoms with Crippen molar-refractivity contribution in [3.8, 4) is 5.75 Å². The van der Waals surface area contributed by atoms with Gasteiger partial charge in [0.1, 0.15) is 12.4 Å². The third kappa shape index (κ3) is 3.40. The molecule has 2 nitrogen and oxygen atoms in total. The average Bonchev–Trinajstić information content (AvgIpc) is 2.16. The minimum Gasteiger partial charge on any atom is -0.491 e. The molecule has 0 atom stereocenters. The smallest absolute Gasteiger partial charge is 0.230 e. The molecule has 0 saturated heterocycles. The number of carbonyl (C=O) groups excluding carboxylic acids is 1. The first-order valence-corrected chi connectivity index (χ1v) is 5.26. The first kappa shape index (κ1) is 12.3. The molecule has 15 heavy (non-hydrogen) atoms. The van der Waals surface area contributed by atoms with Gasteiger partial charge in [0, 0.05) is 0 Å². The second-order valence-electron chi connectivity index (χ2n) is 3.88. The number of hydrogen-bond acceptors (Lipinski definition) is 2. The van der Waals surface area contributed by atoms with Gasteiger partial charge in [-0.05, 0) is 37.6 Å². The van der Waals surface area contributed by atoms with Gasteiger partial charge in [-0.25, -0.2) is 0 Å². The molecule has 0 N–H and O–H groups in total. The quantitative estimate of drug-likeness (QED) is 0.761. The van der Waals surface area contributed by atoms with Crippen LogP contribution in [0.5, 0.6) is 5.75 Å². The second-order valence-corrected chi connectivity index (χ2v) is 4.63. The largest absolute Gasteiger partial charge is 0.491 e. The molecule has 0 aliphatic heterocycles. The lowest BCUT2D eigenvalue weighted by Crippen LogP contribution is -2.27. The fourth-order valence-electron chi connectivity index (χ4n) is 0.877. The van der Waals surface area contributed by atoms with Gasteiger partial charge in [0.25, 0.3) is 0 Å². The Bertz CT molecular complexity index is 361. The fraction of sp³-hybridized carbons (Fsp3) is 0.364. The van der Waals surface area contributed by atoms with Crippen LogP contribution in [0.2, 0.25) is 5.02 Å². The lowest BCUT2D eigenvalue weighted by atomic mass is 9.97. The van der Waals surface area contributed by atoms with E-state index in [1.54, 1.807) is 26.0 Å². The Balaban J connectivity index is 2.66. The minimum absolute atomic E-state index is 0.207. The summed E-state index contributed by atoms with van der Waals surface area (Å²) < 4.78 is 5.43. The van der Waals surface area contributed by atoms with Crippen molar-refractivity contribution in [1.82, 2.24) is 0 Å². The number of carbonyl (C=O) groups is 1. The third-order valence-electron chi connectivity index (χ3n) is 1.96. The molecule has 1 aromatic rings. The van der Waals surface area contributed by atoms with Crippen molar-refractivity contribution in [1.29, 1.82) is 0 Å². The summed E-state index contributed by atoms with van der Waals surface area (Å²) in [6.07, 6.45) is 0. The van der Waals surface area contributed by atoms with Crippen LogP contribution in [0.15, 0.2) is 24.3 Å². The summed E-state index contributed by atoms with van der Waals surface area (Å²) in [6, 6.07) is 7.10. The van der Waals surface area contributed by atoms with Crippen LogP contribution >= 0.6 is 23.2 Å². The highest BCUT2D eigenvalue weighted by molar-refractivity contribution is 6.64. The van der Waals surface area contributed by atoms with Crippen molar-refractivity contribution < 1.29 is 9.53 Å². The normalized spacial score (nSPS) is 11.2. The van der Waals surface area contributed by atoms with Gasteiger partial charge < -0.3 is 4.74 Å². The standard InChI is InChI=1S/C11H12Cl2O2/c1-11(2,10(13)14)7-15-9-6-4-3-5-8(9)12/h3-6H,7H2,1-2H3. The molecule has 0 aromatic heterocycles. The molecule has 4 heteroatoms. The zero-order valence-electron chi connectivity index (χ0n) is 8.59. The van der Waals surface area contributed by atoms with Crippen LogP contribution in [-0.2, 0) is 4.79 Å². The molecule has 1 rings (SSSR count). The number of hydrogen-bond donors (Lipinski definition) is 0. The minimum atomic E-state index is -0.708. The number of ether oxygens (including phenoxy) is 1. The van der Waals surface area contributed by atoms with Crippen molar-refractivity contribution in [3.63, 3.8) is 0 Å². The van der Waals surface area contributed by atoms with Crippen LogP contribution in [0.1, 0.15) is 13.8 Å². The monoisotopic (exact) mass is 246 g/mol. The van der Waals surface area contributed by atoms with Gasteiger partial charge in [-0.2, -0.15) is 0 Å². The first-order valence-electron chi connectivity index (χ1n) is 4.51. The molecular weight excluding hydrogens is 235 g/mol. The maximum Gasteiger partial charge on any atom is 0.230 e. The SMILES string of the molecule is CC(C)(COc1ccccc1Cl)C(=O)Cl. The van der Waals surface area contributed by atoms with Crippen LogP contribution in [0.25, 0.3) is 0 Å². The highest BCUT2D eigenvalue weighted by Crippen LogP contribution is 2.26. The molecule has 0 unspecified atom stereocenters. The van der Waals surface area contributed by atoms with E-state index < -0.39 is 10.7 Å². The number of para-hydroxylation sites is 1. The summed E-state index contributed by atoms with van der Waals surface area (Å²) in [4.78, 5) is 11.0. The Morgan fingerprint density at radius 2 is 2.00 bits per heavy atom. The predicted molar refractivity (Wildman–Crippen MR) is 61.6 cm³/mol. The van der Waals surface area contributed by atoms with E-state index in [0.29, 0.717) is 10.8 Å². The van der Waals surface area contributed by atoms with E-state index in [0.717, 1.165) is 0 Å². The van der Waals surface area contributed by atoms with Crippen molar-refractivity contribution in [2.24, 2.45) is 5.41 Å². The lowest BCUT2D eigenvalue weighted by Gasteiger charge is -2.20. The molecular formula is C11H12Cl2O2. The number of benzene rings is 1. The fourth-order valence-corrected chi connectivity index (χ4v) is 1.12. The number of rotatable bonds is 4. The van der Waals surface area contributed by atoms with Crippen LogP contribution in [0.3, 0.4) is 0 Å². The van der Waals surface area contributed by atoms with Crippen molar-refractivity contribution in [2.75, 3.05) is 6.61 Å². The summed E-state index contributed by atoms with van der Waals surface area (Å²) in [6.45, 7) is 3.65. The highest BCUT2D eigenvalue weighted by Gasteiger charge is 2.27. The Labute approximate surface area is 99.1 Å². The average molecular weight is 247 g/mol. The summed E-state index contributed by atoms with van der Waals surface area (Å²) >= 11 is 11.3. The van der Waals surface area contributed by atoms with E-state index in [2.05, 4.69) is 0 Å². The van der Waals surface area contributed by atoms with E-state index in [9.17, 15) is 4.79 Å². The molecule has 0 aliphatic carbocycles. The van der Waals surface area contributed by atoms with Gasteiger partial charge in [0.2, 0.25) is 5.24 Å². The van der Waals surface area contributed by atoms with E-state index in [-0.39, 0.29) is 6.61 Å². The molecule has 0 bridgehead atoms. The second kappa shape index (κ2) is 4.86. The Morgan fingerprint density at radius 1 is 1.40 bits per heavy atom. The molecule has 82 valence electrons. The molecule has 0 aliphatic rings. The van der Waals surface area contributed by atoms with Crippen LogP contribution in [0, 0.1) is 5.41 Å². The van der Waals surface area contributed by atoms with Gasteiger partial charge in [-0.1, -0.05) is 23.7 Å². The van der Waals surface area contributed by atoms with E-state index in [4.69, 9.17) is 27.9 Å². The van der Waals surface area contributed by atoms with Gasteiger partial charge in [0.15, 0.2) is 0 Å². The summed E-state index contributed by atoms with van der Waals surface area (Å²) in [5.74, 6) is 0.560. The van der Waals surface area contributed by atoms with Gasteiger partial charge in [-0.15, -0.1) is 0 Å². The van der Waals surface area contributed by atoms with Crippen molar-refractivity contribution in [2.45, 2.75) is 13.8 Å². The third-order valence-corrected chi connectivity index (χ3v) is 2.78. The molecule has 0 amide bonds. The molecule has 0 spiro atoms. The zero-order chi connectivity index (χ0) is 11.5. The molecule has 1 aromatic carbocycles. The molecule has 0 heterocycles. The van der Waals surface area contributed by atoms with Gasteiger partial charge in [0.05, 0.1) is 10.4 Å². The summed E-state index contributed by atoms with van der Waals surface area (Å²) in [7, 11) is 0. The van der Waals surface area contributed by atoms with Crippen molar-refractivity contribution in [3.05, 3.63) is 29.3 Å². The van der Waals surface area contributed by atoms with E-state index >= 15 is 0 Å². The highest BCUT2D eigenvalue weighted by atomic mass is 35.5. The van der Waals surface area contributed by atoms with Gasteiger partial charge >= 0.3 is 0 Å². The Kier molecular flexibility index (Phi) is 4.00. The first-order chi connectivity index (χ1) is 6.93.